The molecule has 0 aliphatic rings. The van der Waals surface area contributed by atoms with Crippen LogP contribution in [-0.2, 0) is 25.6 Å². The van der Waals surface area contributed by atoms with Crippen molar-refractivity contribution in [2.75, 3.05) is 0 Å². The average molecular weight is 408 g/mol. The summed E-state index contributed by atoms with van der Waals surface area (Å²) in [5.74, 6) is -3.40. The molecular formula is C19H28N4O6. The lowest BCUT2D eigenvalue weighted by atomic mass is 10.0. The second-order valence-corrected chi connectivity index (χ2v) is 6.83. The first-order valence-corrected chi connectivity index (χ1v) is 9.14. The number of carbonyl (C=O) groups is 4. The van der Waals surface area contributed by atoms with Crippen molar-refractivity contribution in [2.45, 2.75) is 57.5 Å². The molecule has 0 saturated carbocycles. The molecule has 3 amide bonds. The zero-order valence-electron chi connectivity index (χ0n) is 16.6. The van der Waals surface area contributed by atoms with Gasteiger partial charge in [0.15, 0.2) is 0 Å². The Morgan fingerprint density at radius 3 is 2.00 bits per heavy atom. The average Bonchev–Trinajstić information content (AvgIpc) is 2.65. The van der Waals surface area contributed by atoms with Crippen LogP contribution in [0, 0.1) is 0 Å². The highest BCUT2D eigenvalue weighted by atomic mass is 16.4. The molecule has 1 rings (SSSR count). The summed E-state index contributed by atoms with van der Waals surface area (Å²) in [5, 5.41) is 26.3. The molecule has 10 nitrogen and oxygen atoms in total. The fraction of sp³-hybridized carbons (Fsp3) is 0.474. The molecule has 10 heteroatoms. The van der Waals surface area contributed by atoms with Crippen molar-refractivity contribution in [2.24, 2.45) is 5.73 Å². The van der Waals surface area contributed by atoms with Crippen molar-refractivity contribution in [3.8, 4) is 0 Å². The fourth-order valence-electron chi connectivity index (χ4n) is 2.41. The van der Waals surface area contributed by atoms with Crippen molar-refractivity contribution >= 4 is 23.7 Å². The molecule has 0 spiro atoms. The van der Waals surface area contributed by atoms with Gasteiger partial charge in [0, 0.05) is 6.42 Å². The number of rotatable bonds is 10. The van der Waals surface area contributed by atoms with E-state index in [-0.39, 0.29) is 6.42 Å². The van der Waals surface area contributed by atoms with Crippen LogP contribution in [0.1, 0.15) is 26.3 Å². The number of aliphatic hydroxyl groups excluding tert-OH is 1. The molecule has 29 heavy (non-hydrogen) atoms. The van der Waals surface area contributed by atoms with Gasteiger partial charge >= 0.3 is 5.97 Å². The summed E-state index contributed by atoms with van der Waals surface area (Å²) >= 11 is 0. The Kier molecular flexibility index (Phi) is 9.23. The van der Waals surface area contributed by atoms with Gasteiger partial charge in [-0.3, -0.25) is 14.4 Å². The Labute approximate surface area is 168 Å². The summed E-state index contributed by atoms with van der Waals surface area (Å²) in [4.78, 5) is 47.9. The molecule has 0 aliphatic carbocycles. The normalized spacial score (nSPS) is 15.9. The molecule has 0 aliphatic heterocycles. The van der Waals surface area contributed by atoms with Gasteiger partial charge in [0.25, 0.3) is 0 Å². The number of carbonyl (C=O) groups excluding carboxylic acids is 3. The largest absolute Gasteiger partial charge is 0.480 e. The highest BCUT2D eigenvalue weighted by Gasteiger charge is 2.31. The van der Waals surface area contributed by atoms with Gasteiger partial charge in [-0.25, -0.2) is 4.79 Å². The molecule has 1 aromatic rings. The van der Waals surface area contributed by atoms with E-state index in [2.05, 4.69) is 16.0 Å². The Morgan fingerprint density at radius 2 is 1.52 bits per heavy atom. The molecule has 0 saturated heterocycles. The Morgan fingerprint density at radius 1 is 0.931 bits per heavy atom. The summed E-state index contributed by atoms with van der Waals surface area (Å²) in [5.41, 5.74) is 6.12. The van der Waals surface area contributed by atoms with Gasteiger partial charge in [-0.15, -0.1) is 0 Å². The Balaban J connectivity index is 2.80. The minimum Gasteiger partial charge on any atom is -0.480 e. The molecular weight excluding hydrogens is 380 g/mol. The van der Waals surface area contributed by atoms with Crippen LogP contribution < -0.4 is 21.7 Å². The van der Waals surface area contributed by atoms with Crippen LogP contribution in [0.5, 0.6) is 0 Å². The maximum atomic E-state index is 12.5. The number of carboxylic acid groups (broad SMARTS) is 1. The molecule has 7 N–H and O–H groups in total. The number of carboxylic acids is 1. The highest BCUT2D eigenvalue weighted by molar-refractivity contribution is 5.94. The van der Waals surface area contributed by atoms with Crippen molar-refractivity contribution in [3.63, 3.8) is 0 Å². The van der Waals surface area contributed by atoms with Gasteiger partial charge in [-0.2, -0.15) is 0 Å². The topological polar surface area (TPSA) is 171 Å². The summed E-state index contributed by atoms with van der Waals surface area (Å²) < 4.78 is 0. The van der Waals surface area contributed by atoms with Gasteiger partial charge in [-0.1, -0.05) is 30.3 Å². The molecule has 0 aromatic heterocycles. The summed E-state index contributed by atoms with van der Waals surface area (Å²) in [6, 6.07) is 4.21. The molecule has 0 heterocycles. The van der Waals surface area contributed by atoms with Gasteiger partial charge in [0.1, 0.15) is 18.1 Å². The van der Waals surface area contributed by atoms with Crippen LogP contribution in [0.3, 0.4) is 0 Å². The molecule has 5 unspecified atom stereocenters. The number of hydrogen-bond donors (Lipinski definition) is 6. The number of hydrogen-bond acceptors (Lipinski definition) is 6. The lowest BCUT2D eigenvalue weighted by Gasteiger charge is -2.25. The van der Waals surface area contributed by atoms with E-state index in [9.17, 15) is 29.4 Å². The number of nitrogens with two attached hydrogens (primary N) is 1. The second-order valence-electron chi connectivity index (χ2n) is 6.83. The fourth-order valence-corrected chi connectivity index (χ4v) is 2.41. The van der Waals surface area contributed by atoms with E-state index in [1.807, 2.05) is 0 Å². The Bertz CT molecular complexity index is 723. The SMILES string of the molecule is CC(N)C(=O)NC(C)C(=O)NC(C(=O)NC(Cc1ccccc1)C(=O)O)C(C)O. The quantitative estimate of drug-likeness (QED) is 0.274. The van der Waals surface area contributed by atoms with Crippen molar-refractivity contribution in [1.29, 1.82) is 0 Å². The third kappa shape index (κ3) is 7.88. The van der Waals surface area contributed by atoms with Gasteiger partial charge in [0.05, 0.1) is 12.1 Å². The molecule has 1 aromatic carbocycles. The minimum atomic E-state index is -1.41. The molecule has 160 valence electrons. The van der Waals surface area contributed by atoms with E-state index in [0.29, 0.717) is 5.56 Å². The minimum absolute atomic E-state index is 0.0310. The number of benzene rings is 1. The van der Waals surface area contributed by atoms with E-state index in [1.165, 1.54) is 20.8 Å². The first kappa shape index (κ1) is 24.1. The number of aliphatic hydroxyl groups is 1. The zero-order chi connectivity index (χ0) is 22.1. The first-order valence-electron chi connectivity index (χ1n) is 9.14. The van der Waals surface area contributed by atoms with Gasteiger partial charge < -0.3 is 31.9 Å². The predicted octanol–water partition coefficient (Wildman–Crippen LogP) is -1.48. The van der Waals surface area contributed by atoms with Crippen LogP contribution in [-0.4, -0.2) is 64.2 Å². The third-order valence-corrected chi connectivity index (χ3v) is 4.13. The molecule has 0 radical (unpaired) electrons. The van der Waals surface area contributed by atoms with Crippen molar-refractivity contribution < 1.29 is 29.4 Å². The molecule has 0 fully saturated rings. The van der Waals surface area contributed by atoms with Crippen molar-refractivity contribution in [1.82, 2.24) is 16.0 Å². The van der Waals surface area contributed by atoms with Gasteiger partial charge in [0.2, 0.25) is 17.7 Å². The third-order valence-electron chi connectivity index (χ3n) is 4.13. The second kappa shape index (κ2) is 11.1. The van der Waals surface area contributed by atoms with Gasteiger partial charge in [-0.05, 0) is 26.3 Å². The first-order chi connectivity index (χ1) is 13.5. The predicted molar refractivity (Wildman–Crippen MR) is 105 cm³/mol. The van der Waals surface area contributed by atoms with Crippen LogP contribution in [0.15, 0.2) is 30.3 Å². The van der Waals surface area contributed by atoms with Crippen LogP contribution >= 0.6 is 0 Å². The highest BCUT2D eigenvalue weighted by Crippen LogP contribution is 2.05. The zero-order valence-corrected chi connectivity index (χ0v) is 16.6. The molecule has 0 bridgehead atoms. The Hall–Kier alpha value is -2.98. The number of aliphatic carboxylic acids is 1. The smallest absolute Gasteiger partial charge is 0.326 e. The van der Waals surface area contributed by atoms with E-state index < -0.39 is 54.0 Å². The van der Waals surface area contributed by atoms with E-state index in [0.717, 1.165) is 0 Å². The lowest BCUT2D eigenvalue weighted by Crippen LogP contribution is -2.59. The van der Waals surface area contributed by atoms with Crippen LogP contribution in [0.25, 0.3) is 0 Å². The standard InChI is InChI=1S/C19H28N4O6/c1-10(20)16(25)21-11(2)17(26)23-15(12(3)24)18(27)22-14(19(28)29)9-13-7-5-4-6-8-13/h4-8,10-12,14-15,24H,9,20H2,1-3H3,(H,21,25)(H,22,27)(H,23,26)(H,28,29). The molecule has 5 atom stereocenters. The van der Waals surface area contributed by atoms with Crippen LogP contribution in [0.2, 0.25) is 0 Å². The van der Waals surface area contributed by atoms with Crippen molar-refractivity contribution in [3.05, 3.63) is 35.9 Å². The maximum absolute atomic E-state index is 12.5. The van der Waals surface area contributed by atoms with Crippen LogP contribution in [0.4, 0.5) is 0 Å². The number of amides is 3. The summed E-state index contributed by atoms with van der Waals surface area (Å²) in [6.07, 6.45) is -1.27. The summed E-state index contributed by atoms with van der Waals surface area (Å²) in [7, 11) is 0. The van der Waals surface area contributed by atoms with E-state index >= 15 is 0 Å². The maximum Gasteiger partial charge on any atom is 0.326 e. The van der Waals surface area contributed by atoms with E-state index in [4.69, 9.17) is 5.73 Å². The monoisotopic (exact) mass is 408 g/mol. The van der Waals surface area contributed by atoms with E-state index in [1.54, 1.807) is 30.3 Å². The number of nitrogens with one attached hydrogen (secondary N) is 3. The lowest BCUT2D eigenvalue weighted by molar-refractivity contribution is -0.143. The summed E-state index contributed by atoms with van der Waals surface area (Å²) in [6.45, 7) is 4.12.